The third-order valence-corrected chi connectivity index (χ3v) is 7.22. The second-order valence-corrected chi connectivity index (χ2v) is 10.4. The van der Waals surface area contributed by atoms with E-state index < -0.39 is 11.8 Å². The van der Waals surface area contributed by atoms with Crippen molar-refractivity contribution >= 4 is 46.9 Å². The van der Waals surface area contributed by atoms with Gasteiger partial charge in [0.2, 0.25) is 5.91 Å². The summed E-state index contributed by atoms with van der Waals surface area (Å²) in [6.45, 7) is 0.960. The Kier molecular flexibility index (Phi) is 9.60. The third kappa shape index (κ3) is 8.17. The number of nitrogens with one attached hydrogen (secondary N) is 3. The van der Waals surface area contributed by atoms with Crippen LogP contribution in [0.15, 0.2) is 108 Å². The molecule has 4 aromatic carbocycles. The number of thioether (sulfide) groups is 1. The molecule has 0 aromatic heterocycles. The van der Waals surface area contributed by atoms with Gasteiger partial charge in [-0.15, -0.1) is 11.8 Å². The molecule has 0 unspecified atom stereocenters. The zero-order chi connectivity index (χ0) is 30.0. The molecule has 9 nitrogen and oxygen atoms in total. The van der Waals surface area contributed by atoms with Crippen molar-refractivity contribution < 1.29 is 28.6 Å². The highest BCUT2D eigenvalue weighted by Crippen LogP contribution is 2.32. The molecule has 10 heteroatoms. The Morgan fingerprint density at radius 2 is 1.58 bits per heavy atom. The van der Waals surface area contributed by atoms with Gasteiger partial charge in [0.05, 0.1) is 12.9 Å². The fraction of sp³-hybridized carbons (Fsp3) is 0.121. The molecule has 43 heavy (non-hydrogen) atoms. The van der Waals surface area contributed by atoms with Gasteiger partial charge in [-0.2, -0.15) is 0 Å². The van der Waals surface area contributed by atoms with Crippen LogP contribution in [0.1, 0.15) is 15.9 Å². The number of fused-ring (bicyclic) bond motifs is 1. The molecule has 0 atom stereocenters. The Bertz CT molecular complexity index is 1660. The molecule has 0 aliphatic carbocycles. The van der Waals surface area contributed by atoms with Crippen LogP contribution in [-0.4, -0.2) is 43.8 Å². The van der Waals surface area contributed by atoms with Crippen molar-refractivity contribution in [2.24, 2.45) is 0 Å². The molecule has 5 rings (SSSR count). The van der Waals surface area contributed by atoms with Crippen molar-refractivity contribution in [2.45, 2.75) is 4.90 Å². The molecule has 218 valence electrons. The summed E-state index contributed by atoms with van der Waals surface area (Å²) in [6, 6.07) is 28.2. The Morgan fingerprint density at radius 1 is 0.814 bits per heavy atom. The minimum absolute atomic E-state index is 0.0546. The van der Waals surface area contributed by atoms with Crippen molar-refractivity contribution in [1.29, 1.82) is 0 Å². The van der Waals surface area contributed by atoms with Crippen LogP contribution in [0.25, 0.3) is 6.08 Å². The summed E-state index contributed by atoms with van der Waals surface area (Å²) in [6.07, 6.45) is 1.58. The second-order valence-electron chi connectivity index (χ2n) is 9.33. The second kappa shape index (κ2) is 14.1. The number of rotatable bonds is 10. The highest BCUT2D eigenvalue weighted by molar-refractivity contribution is 8.00. The molecular weight excluding hydrogens is 566 g/mol. The van der Waals surface area contributed by atoms with Crippen LogP contribution in [0, 0.1) is 0 Å². The molecule has 0 saturated carbocycles. The predicted octanol–water partition coefficient (Wildman–Crippen LogP) is 5.61. The molecule has 1 aliphatic rings. The maximum absolute atomic E-state index is 13.4. The largest absolute Gasteiger partial charge is 0.497 e. The summed E-state index contributed by atoms with van der Waals surface area (Å²) < 4.78 is 16.4. The van der Waals surface area contributed by atoms with E-state index in [-0.39, 0.29) is 17.4 Å². The van der Waals surface area contributed by atoms with Crippen molar-refractivity contribution in [3.05, 3.63) is 114 Å². The van der Waals surface area contributed by atoms with Gasteiger partial charge in [-0.1, -0.05) is 36.4 Å². The number of carbonyl (C=O) groups excluding carboxylic acids is 3. The van der Waals surface area contributed by atoms with Crippen LogP contribution in [0.3, 0.4) is 0 Å². The van der Waals surface area contributed by atoms with E-state index in [2.05, 4.69) is 16.0 Å². The monoisotopic (exact) mass is 595 g/mol. The van der Waals surface area contributed by atoms with Crippen LogP contribution in [0.4, 0.5) is 11.4 Å². The number of methoxy groups -OCH3 is 1. The Morgan fingerprint density at radius 3 is 2.40 bits per heavy atom. The molecule has 0 spiro atoms. The number of hydrogen-bond donors (Lipinski definition) is 3. The summed E-state index contributed by atoms with van der Waals surface area (Å²) >= 11 is 1.32. The van der Waals surface area contributed by atoms with Gasteiger partial charge >= 0.3 is 0 Å². The van der Waals surface area contributed by atoms with Crippen molar-refractivity contribution in [3.8, 4) is 17.2 Å². The third-order valence-electron chi connectivity index (χ3n) is 6.22. The zero-order valence-corrected chi connectivity index (χ0v) is 24.1. The highest BCUT2D eigenvalue weighted by Gasteiger charge is 2.16. The highest BCUT2D eigenvalue weighted by atomic mass is 32.2. The fourth-order valence-electron chi connectivity index (χ4n) is 4.17. The minimum Gasteiger partial charge on any atom is -0.497 e. The smallest absolute Gasteiger partial charge is 0.272 e. The molecule has 4 aromatic rings. The molecule has 0 radical (unpaired) electrons. The van der Waals surface area contributed by atoms with Crippen LogP contribution in [0.5, 0.6) is 17.2 Å². The number of amides is 3. The maximum Gasteiger partial charge on any atom is 0.272 e. The van der Waals surface area contributed by atoms with Crippen LogP contribution < -0.4 is 30.2 Å². The molecule has 0 fully saturated rings. The van der Waals surface area contributed by atoms with E-state index in [0.29, 0.717) is 53.0 Å². The van der Waals surface area contributed by atoms with Crippen LogP contribution in [-0.2, 0) is 9.59 Å². The summed E-state index contributed by atoms with van der Waals surface area (Å²) in [4.78, 5) is 39.7. The molecule has 3 amide bonds. The molecule has 1 heterocycles. The van der Waals surface area contributed by atoms with Gasteiger partial charge in [-0.05, 0) is 66.2 Å². The standard InChI is InChI=1S/C33H29N3O6S/c1-40-26-11-5-7-22(17-26)18-28(36-32(38)23-8-3-2-4-9-23)33(39)35-24-10-6-12-27(19-24)43-21-31(37)34-25-13-14-29-30(20-25)42-16-15-41-29/h2-14,17-20H,15-16,21H2,1H3,(H,34,37)(H,35,39)(H,36,38)/b28-18-. The van der Waals surface area contributed by atoms with Gasteiger partial charge in [0.25, 0.3) is 11.8 Å². The minimum atomic E-state index is -0.509. The lowest BCUT2D eigenvalue weighted by atomic mass is 10.1. The quantitative estimate of drug-likeness (QED) is 0.161. The first-order chi connectivity index (χ1) is 21.0. The lowest BCUT2D eigenvalue weighted by Gasteiger charge is -2.19. The maximum atomic E-state index is 13.4. The van der Waals surface area contributed by atoms with Gasteiger partial charge in [0.15, 0.2) is 11.5 Å². The number of anilines is 2. The van der Waals surface area contributed by atoms with E-state index in [9.17, 15) is 14.4 Å². The van der Waals surface area contributed by atoms with Crippen LogP contribution in [0.2, 0.25) is 0 Å². The van der Waals surface area contributed by atoms with E-state index in [1.54, 1.807) is 98.1 Å². The molecule has 0 saturated heterocycles. The van der Waals surface area contributed by atoms with Gasteiger partial charge < -0.3 is 30.2 Å². The summed E-state index contributed by atoms with van der Waals surface area (Å²) in [5.41, 5.74) is 2.27. The van der Waals surface area contributed by atoms with Gasteiger partial charge in [0, 0.05) is 27.9 Å². The average Bonchev–Trinajstić information content (AvgIpc) is 3.04. The van der Waals surface area contributed by atoms with E-state index in [0.717, 1.165) is 4.90 Å². The van der Waals surface area contributed by atoms with Gasteiger partial charge in [0.1, 0.15) is 24.7 Å². The van der Waals surface area contributed by atoms with E-state index >= 15 is 0 Å². The first-order valence-corrected chi connectivity index (χ1v) is 14.4. The number of benzene rings is 4. The van der Waals surface area contributed by atoms with Crippen molar-refractivity contribution in [3.63, 3.8) is 0 Å². The van der Waals surface area contributed by atoms with Crippen molar-refractivity contribution in [2.75, 3.05) is 36.7 Å². The summed E-state index contributed by atoms with van der Waals surface area (Å²) in [7, 11) is 1.56. The number of hydrogen-bond acceptors (Lipinski definition) is 7. The number of ether oxygens (including phenoxy) is 3. The molecule has 1 aliphatic heterocycles. The molecular formula is C33H29N3O6S. The summed E-state index contributed by atoms with van der Waals surface area (Å²) in [5, 5.41) is 8.45. The van der Waals surface area contributed by atoms with E-state index in [1.165, 1.54) is 11.8 Å². The zero-order valence-electron chi connectivity index (χ0n) is 23.3. The van der Waals surface area contributed by atoms with Gasteiger partial charge in [-0.25, -0.2) is 0 Å². The van der Waals surface area contributed by atoms with E-state index in [1.807, 2.05) is 12.1 Å². The first kappa shape index (κ1) is 29.3. The predicted molar refractivity (Wildman–Crippen MR) is 167 cm³/mol. The Labute approximate surface area is 253 Å². The normalized spacial score (nSPS) is 12.2. The Balaban J connectivity index is 1.25. The topological polar surface area (TPSA) is 115 Å². The lowest BCUT2D eigenvalue weighted by Crippen LogP contribution is -2.30. The average molecular weight is 596 g/mol. The van der Waals surface area contributed by atoms with Gasteiger partial charge in [-0.3, -0.25) is 14.4 Å². The Hall–Kier alpha value is -5.22. The molecule has 0 bridgehead atoms. The lowest BCUT2D eigenvalue weighted by molar-refractivity contribution is -0.114. The summed E-state index contributed by atoms with van der Waals surface area (Å²) in [5.74, 6) is 0.899. The number of carbonyl (C=O) groups is 3. The fourth-order valence-corrected chi connectivity index (χ4v) is 4.92. The van der Waals surface area contributed by atoms with Crippen LogP contribution >= 0.6 is 11.8 Å². The SMILES string of the molecule is COc1cccc(/C=C(\NC(=O)c2ccccc2)C(=O)Nc2cccc(SCC(=O)Nc3ccc4c(c3)OCCO4)c2)c1. The molecule has 3 N–H and O–H groups in total. The van der Waals surface area contributed by atoms with Crippen molar-refractivity contribution in [1.82, 2.24) is 5.32 Å². The first-order valence-electron chi connectivity index (χ1n) is 13.4. The van der Waals surface area contributed by atoms with E-state index in [4.69, 9.17) is 14.2 Å².